The third-order valence-electron chi connectivity index (χ3n) is 1.73. The van der Waals surface area contributed by atoms with Gasteiger partial charge in [-0.25, -0.2) is 0 Å². The summed E-state index contributed by atoms with van der Waals surface area (Å²) in [5, 5.41) is -10.9. The second-order valence-corrected chi connectivity index (χ2v) is 4.12. The van der Waals surface area contributed by atoms with E-state index < -0.39 is 40.6 Å². The van der Waals surface area contributed by atoms with Gasteiger partial charge in [0.15, 0.2) is 0 Å². The summed E-state index contributed by atoms with van der Waals surface area (Å²) in [5.74, 6) is -17.4. The van der Waals surface area contributed by atoms with Crippen LogP contribution < -0.4 is 0 Å². The lowest BCUT2D eigenvalue weighted by Crippen LogP contribution is -2.48. The number of hydrogen-bond acceptors (Lipinski definition) is 2. The lowest BCUT2D eigenvalue weighted by molar-refractivity contribution is -0.188. The molecule has 0 aromatic carbocycles. The maximum Gasteiger partial charge on any atom is 0.391 e. The maximum atomic E-state index is 12.5. The zero-order valence-electron chi connectivity index (χ0n) is 8.30. The molecule has 0 unspecified atom stereocenters. The average Bonchev–Trinajstić information content (AvgIpc) is 2.13. The van der Waals surface area contributed by atoms with Crippen molar-refractivity contribution in [3.05, 3.63) is 0 Å². The second kappa shape index (κ2) is 5.04. The van der Waals surface area contributed by atoms with E-state index in [1.807, 2.05) is 0 Å². The van der Waals surface area contributed by atoms with E-state index in [-0.39, 0.29) is 0 Å². The number of carbonyl (C=O) groups is 2. The normalized spacial score (nSPS) is 14.4. The lowest BCUT2D eigenvalue weighted by Gasteiger charge is -2.22. The van der Waals surface area contributed by atoms with Gasteiger partial charge >= 0.3 is 22.6 Å². The first-order valence-electron chi connectivity index (χ1n) is 4.01. The predicted molar refractivity (Wildman–Crippen MR) is 46.1 cm³/mol. The van der Waals surface area contributed by atoms with Crippen molar-refractivity contribution >= 4 is 34.8 Å². The molecule has 0 heterocycles. The molecule has 0 aromatic heterocycles. The summed E-state index contributed by atoms with van der Waals surface area (Å²) in [6, 6.07) is 0. The number of halogens is 10. The molecule has 0 aliphatic rings. The van der Waals surface area contributed by atoms with E-state index in [0.29, 0.717) is 0 Å². The molecule has 0 saturated heterocycles. The third-order valence-corrected chi connectivity index (χ3v) is 2.21. The highest BCUT2D eigenvalue weighted by molar-refractivity contribution is 6.26. The third kappa shape index (κ3) is 3.68. The molecule has 0 fully saturated rings. The number of ketones is 2. The van der Waals surface area contributed by atoms with E-state index in [4.69, 9.17) is 0 Å². The van der Waals surface area contributed by atoms with Crippen molar-refractivity contribution in [2.45, 2.75) is 29.0 Å². The van der Waals surface area contributed by atoms with Crippen molar-refractivity contribution in [1.82, 2.24) is 0 Å². The molecule has 19 heavy (non-hydrogen) atoms. The Morgan fingerprint density at radius 2 is 0.895 bits per heavy atom. The molecule has 0 N–H and O–H groups in total. The van der Waals surface area contributed by atoms with E-state index in [9.17, 15) is 44.7 Å². The number of Topliss-reactive ketones (excluding diaryl/α,β-unsaturated/α-hetero) is 2. The van der Waals surface area contributed by atoms with Crippen molar-refractivity contribution in [2.24, 2.45) is 0 Å². The first kappa shape index (κ1) is 18.4. The van der Waals surface area contributed by atoms with Crippen LogP contribution in [0, 0.1) is 0 Å². The Labute approximate surface area is 109 Å². The van der Waals surface area contributed by atoms with E-state index >= 15 is 0 Å². The van der Waals surface area contributed by atoms with E-state index in [1.165, 1.54) is 0 Å². The Kier molecular flexibility index (Phi) is 4.87. The number of alkyl halides is 10. The molecule has 0 rings (SSSR count). The van der Waals surface area contributed by atoms with Gasteiger partial charge in [-0.1, -0.05) is 0 Å². The van der Waals surface area contributed by atoms with Gasteiger partial charge in [-0.05, 0) is 23.2 Å². The number of hydrogen-bond donors (Lipinski definition) is 0. The zero-order valence-corrected chi connectivity index (χ0v) is 9.82. The highest BCUT2D eigenvalue weighted by Crippen LogP contribution is 2.42. The Hall–Kier alpha value is -0.640. The Morgan fingerprint density at radius 1 is 0.684 bits per heavy atom. The van der Waals surface area contributed by atoms with Gasteiger partial charge in [0.1, 0.15) is 0 Å². The topological polar surface area (TPSA) is 34.1 Å². The van der Waals surface area contributed by atoms with Gasteiger partial charge in [-0.2, -0.15) is 35.1 Å². The molecule has 0 atom stereocenters. The predicted octanol–water partition coefficient (Wildman–Crippen LogP) is 3.45. The minimum absolute atomic E-state index is 2.59. The standard InChI is InChI=1S/C7H2Cl2F8O2/c8-6(14,15)4(10,11)2(18)1-3(19)5(12,13)7(9,16)17/h1H2. The molecular formula is C7H2Cl2F8O2. The molecule has 0 aliphatic carbocycles. The summed E-state index contributed by atoms with van der Waals surface area (Å²) in [4.78, 5) is 21.1. The molecule has 0 aromatic rings. The summed E-state index contributed by atoms with van der Waals surface area (Å²) < 4.78 is 98.3. The Bertz CT molecular complexity index is 348. The van der Waals surface area contributed by atoms with Crippen LogP contribution in [0.3, 0.4) is 0 Å². The van der Waals surface area contributed by atoms with Crippen molar-refractivity contribution in [3.63, 3.8) is 0 Å². The summed E-state index contributed by atoms with van der Waals surface area (Å²) in [5.41, 5.74) is 0. The summed E-state index contributed by atoms with van der Waals surface area (Å²) in [6.07, 6.45) is -2.59. The molecule has 0 spiro atoms. The fourth-order valence-electron chi connectivity index (χ4n) is 0.684. The fraction of sp³-hybridized carbons (Fsp3) is 0.714. The maximum absolute atomic E-state index is 12.5. The molecule has 0 saturated carbocycles. The molecular weight excluding hydrogens is 339 g/mol. The van der Waals surface area contributed by atoms with Gasteiger partial charge in [0.05, 0.1) is 6.42 Å². The summed E-state index contributed by atoms with van der Waals surface area (Å²) in [6.45, 7) is 0. The minimum atomic E-state index is -5.68. The molecule has 112 valence electrons. The summed E-state index contributed by atoms with van der Waals surface area (Å²) in [7, 11) is 0. The zero-order chi connectivity index (χ0) is 15.9. The largest absolute Gasteiger partial charge is 0.391 e. The number of carbonyl (C=O) groups excluding carboxylic acids is 2. The van der Waals surface area contributed by atoms with Crippen LogP contribution >= 0.6 is 23.2 Å². The Balaban J connectivity index is 5.11. The highest BCUT2D eigenvalue weighted by atomic mass is 35.5. The van der Waals surface area contributed by atoms with Crippen molar-refractivity contribution in [1.29, 1.82) is 0 Å². The quantitative estimate of drug-likeness (QED) is 0.421. The molecule has 2 nitrogen and oxygen atoms in total. The van der Waals surface area contributed by atoms with Crippen LogP contribution in [0.25, 0.3) is 0 Å². The van der Waals surface area contributed by atoms with Crippen LogP contribution in [-0.4, -0.2) is 34.2 Å². The van der Waals surface area contributed by atoms with Crippen molar-refractivity contribution in [3.8, 4) is 0 Å². The van der Waals surface area contributed by atoms with Gasteiger partial charge < -0.3 is 0 Å². The monoisotopic (exact) mass is 340 g/mol. The Morgan fingerprint density at radius 3 is 1.05 bits per heavy atom. The molecule has 0 amide bonds. The van der Waals surface area contributed by atoms with Gasteiger partial charge in [0, 0.05) is 0 Å². The molecule has 0 bridgehead atoms. The van der Waals surface area contributed by atoms with Crippen molar-refractivity contribution < 1.29 is 44.7 Å². The minimum Gasteiger partial charge on any atom is -0.292 e. The lowest BCUT2D eigenvalue weighted by atomic mass is 10.0. The molecule has 0 aliphatic heterocycles. The van der Waals surface area contributed by atoms with Crippen LogP contribution in [0.15, 0.2) is 0 Å². The van der Waals surface area contributed by atoms with Gasteiger partial charge in [-0.15, -0.1) is 0 Å². The van der Waals surface area contributed by atoms with Gasteiger partial charge in [0.2, 0.25) is 11.6 Å². The van der Waals surface area contributed by atoms with Gasteiger partial charge in [-0.3, -0.25) is 9.59 Å². The SMILES string of the molecule is O=C(CC(=O)C(F)(F)C(F)(F)Cl)C(F)(F)C(F)(F)Cl. The van der Waals surface area contributed by atoms with Crippen LogP contribution in [0.1, 0.15) is 6.42 Å². The van der Waals surface area contributed by atoms with Crippen LogP contribution in [0.5, 0.6) is 0 Å². The smallest absolute Gasteiger partial charge is 0.292 e. The average molecular weight is 341 g/mol. The van der Waals surface area contributed by atoms with Crippen LogP contribution in [0.4, 0.5) is 35.1 Å². The van der Waals surface area contributed by atoms with E-state index in [1.54, 1.807) is 0 Å². The van der Waals surface area contributed by atoms with E-state index in [0.717, 1.165) is 0 Å². The highest BCUT2D eigenvalue weighted by Gasteiger charge is 2.65. The van der Waals surface area contributed by atoms with Gasteiger partial charge in [0.25, 0.3) is 0 Å². The second-order valence-electron chi connectivity index (χ2n) is 3.17. The molecule has 0 radical (unpaired) electrons. The van der Waals surface area contributed by atoms with Crippen LogP contribution in [0.2, 0.25) is 0 Å². The van der Waals surface area contributed by atoms with Crippen molar-refractivity contribution in [2.75, 3.05) is 0 Å². The summed E-state index contributed by atoms with van der Waals surface area (Å²) >= 11 is 7.66. The first-order valence-corrected chi connectivity index (χ1v) is 4.76. The molecule has 12 heteroatoms. The number of rotatable bonds is 6. The van der Waals surface area contributed by atoms with Crippen LogP contribution in [-0.2, 0) is 9.59 Å². The fourth-order valence-corrected chi connectivity index (χ4v) is 0.895. The van der Waals surface area contributed by atoms with E-state index in [2.05, 4.69) is 23.2 Å². The first-order chi connectivity index (χ1) is 8.05.